The van der Waals surface area contributed by atoms with Crippen LogP contribution in [0.2, 0.25) is 0 Å². The molecule has 0 fully saturated rings. The molecule has 0 radical (unpaired) electrons. The maximum atomic E-state index is 11.5. The zero-order valence-electron chi connectivity index (χ0n) is 10.6. The number of carbonyl (C=O) groups is 1. The van der Waals surface area contributed by atoms with Crippen LogP contribution < -0.4 is 4.90 Å². The molecule has 0 unspecified atom stereocenters. The number of fused-ring (bicyclic) bond motifs is 1. The molecule has 1 aromatic rings. The molecule has 0 N–H and O–H groups in total. The summed E-state index contributed by atoms with van der Waals surface area (Å²) in [5.74, 6) is 0.209. The molecule has 0 aliphatic carbocycles. The molecule has 0 aromatic carbocycles. The number of nitrogens with zero attached hydrogens (tertiary/aromatic N) is 2. The minimum atomic E-state index is 0.209. The minimum Gasteiger partial charge on any atom is -0.373 e. The van der Waals surface area contributed by atoms with Gasteiger partial charge in [-0.15, -0.1) is 0 Å². The van der Waals surface area contributed by atoms with Gasteiger partial charge in [-0.3, -0.25) is 9.78 Å². The van der Waals surface area contributed by atoms with Crippen LogP contribution in [0.3, 0.4) is 0 Å². The second kappa shape index (κ2) is 5.64. The van der Waals surface area contributed by atoms with Gasteiger partial charge < -0.3 is 4.90 Å². The van der Waals surface area contributed by atoms with E-state index < -0.39 is 0 Å². The lowest BCUT2D eigenvalue weighted by molar-refractivity contribution is 0.0980. The molecule has 0 atom stereocenters. The van der Waals surface area contributed by atoms with E-state index in [2.05, 4.69) is 23.7 Å². The number of carbonyl (C=O) groups excluding carboxylic acids is 1. The molecule has 3 nitrogen and oxygen atoms in total. The van der Waals surface area contributed by atoms with E-state index in [1.54, 1.807) is 6.20 Å². The average Bonchev–Trinajstić information content (AvgIpc) is 2.25. The van der Waals surface area contributed by atoms with Gasteiger partial charge in [0.15, 0.2) is 5.78 Å². The monoisotopic (exact) mass is 220 g/mol. The van der Waals surface area contributed by atoms with Crippen LogP contribution in [-0.2, 0) is 0 Å². The number of hydrogen-bond donors (Lipinski definition) is 0. The van der Waals surface area contributed by atoms with Gasteiger partial charge in [0, 0.05) is 31.9 Å². The number of anilines is 1. The minimum absolute atomic E-state index is 0.209. The number of aromatic nitrogens is 1. The molecule has 0 saturated heterocycles. The first kappa shape index (κ1) is 12.7. The first-order valence-electron chi connectivity index (χ1n) is 5.81. The first-order valence-corrected chi connectivity index (χ1v) is 5.81. The largest absolute Gasteiger partial charge is 0.373 e. The van der Waals surface area contributed by atoms with Crippen LogP contribution in [0.5, 0.6) is 0 Å². The summed E-state index contributed by atoms with van der Waals surface area (Å²) in [5.41, 5.74) is 2.74. The molecule has 0 bridgehead atoms. The van der Waals surface area contributed by atoms with Gasteiger partial charge in [0.2, 0.25) is 0 Å². The average molecular weight is 220 g/mol. The Morgan fingerprint density at radius 3 is 2.69 bits per heavy atom. The van der Waals surface area contributed by atoms with Gasteiger partial charge in [0.1, 0.15) is 0 Å². The van der Waals surface area contributed by atoms with Gasteiger partial charge in [-0.05, 0) is 13.0 Å². The van der Waals surface area contributed by atoms with Gasteiger partial charge in [0.25, 0.3) is 0 Å². The highest BCUT2D eigenvalue weighted by Crippen LogP contribution is 2.25. The molecule has 1 aliphatic heterocycles. The van der Waals surface area contributed by atoms with Crippen LogP contribution >= 0.6 is 0 Å². The lowest BCUT2D eigenvalue weighted by atomic mass is 10.0. The quantitative estimate of drug-likeness (QED) is 0.674. The van der Waals surface area contributed by atoms with Crippen LogP contribution in [-0.4, -0.2) is 24.4 Å². The van der Waals surface area contributed by atoms with Crippen molar-refractivity contribution in [2.45, 2.75) is 33.6 Å². The number of aryl methyl sites for hydroxylation is 1. The van der Waals surface area contributed by atoms with Crippen molar-refractivity contribution < 1.29 is 4.79 Å². The van der Waals surface area contributed by atoms with Crippen molar-refractivity contribution >= 4 is 11.5 Å². The fourth-order valence-corrected chi connectivity index (χ4v) is 1.60. The summed E-state index contributed by atoms with van der Waals surface area (Å²) in [5, 5.41) is 0. The number of Topliss-reactive ketones (excluding diaryl/α,β-unsaturated/α-hetero) is 1. The Balaban J connectivity index is 0.000000386. The topological polar surface area (TPSA) is 33.2 Å². The smallest absolute Gasteiger partial charge is 0.168 e. The molecule has 3 heteroatoms. The Labute approximate surface area is 97.5 Å². The van der Waals surface area contributed by atoms with E-state index >= 15 is 0 Å². The van der Waals surface area contributed by atoms with Crippen LogP contribution in [0, 0.1) is 6.92 Å². The summed E-state index contributed by atoms with van der Waals surface area (Å²) < 4.78 is 0. The number of rotatable bonds is 0. The fraction of sp³-hybridized carbons (Fsp3) is 0.538. The molecule has 0 saturated carbocycles. The second-order valence-electron chi connectivity index (χ2n) is 4.14. The van der Waals surface area contributed by atoms with Gasteiger partial charge in [0.05, 0.1) is 11.3 Å². The summed E-state index contributed by atoms with van der Waals surface area (Å²) in [6.45, 7) is 7.00. The van der Waals surface area contributed by atoms with E-state index in [0.29, 0.717) is 6.42 Å². The van der Waals surface area contributed by atoms with Crippen molar-refractivity contribution in [3.63, 3.8) is 0 Å². The van der Waals surface area contributed by atoms with E-state index in [9.17, 15) is 4.79 Å². The van der Waals surface area contributed by atoms with Gasteiger partial charge in [-0.2, -0.15) is 0 Å². The van der Waals surface area contributed by atoms with Gasteiger partial charge >= 0.3 is 0 Å². The molecular weight excluding hydrogens is 200 g/mol. The molecular formula is C13H20N2O. The Morgan fingerprint density at radius 1 is 1.44 bits per heavy atom. The van der Waals surface area contributed by atoms with E-state index in [4.69, 9.17) is 0 Å². The highest BCUT2D eigenvalue weighted by molar-refractivity contribution is 6.02. The van der Waals surface area contributed by atoms with Gasteiger partial charge in [-0.25, -0.2) is 0 Å². The Morgan fingerprint density at radius 2 is 2.06 bits per heavy atom. The normalized spacial score (nSPS) is 14.0. The molecule has 1 aromatic heterocycles. The van der Waals surface area contributed by atoms with E-state index in [0.717, 1.165) is 23.5 Å². The van der Waals surface area contributed by atoms with Crippen molar-refractivity contribution in [1.29, 1.82) is 0 Å². The zero-order valence-corrected chi connectivity index (χ0v) is 10.6. The Hall–Kier alpha value is -1.38. The maximum Gasteiger partial charge on any atom is 0.168 e. The van der Waals surface area contributed by atoms with Crippen LogP contribution in [0.1, 0.15) is 42.7 Å². The summed E-state index contributed by atoms with van der Waals surface area (Å²) >= 11 is 0. The number of ketones is 1. The van der Waals surface area contributed by atoms with Crippen molar-refractivity contribution in [3.8, 4) is 0 Å². The highest BCUT2D eigenvalue weighted by Gasteiger charge is 2.20. The highest BCUT2D eigenvalue weighted by atomic mass is 16.1. The summed E-state index contributed by atoms with van der Waals surface area (Å²) in [7, 11) is 2.00. The van der Waals surface area contributed by atoms with Crippen molar-refractivity contribution in [1.82, 2.24) is 4.98 Å². The molecule has 0 spiro atoms. The standard InChI is InChI=1S/C10H12N2O.C3H8/c1-7-5-9-8(6-11-7)10(13)3-4-12(9)2;1-3-2/h5-6H,3-4H2,1-2H3;3H2,1-2H3. The third-order valence-electron chi connectivity index (χ3n) is 2.40. The van der Waals surface area contributed by atoms with Crippen LogP contribution in [0.25, 0.3) is 0 Å². The fourth-order valence-electron chi connectivity index (χ4n) is 1.60. The molecule has 2 rings (SSSR count). The molecule has 16 heavy (non-hydrogen) atoms. The maximum absolute atomic E-state index is 11.5. The van der Waals surface area contributed by atoms with E-state index in [1.165, 1.54) is 6.42 Å². The van der Waals surface area contributed by atoms with E-state index in [-0.39, 0.29) is 5.78 Å². The van der Waals surface area contributed by atoms with E-state index in [1.807, 2.05) is 20.0 Å². The third kappa shape index (κ3) is 2.81. The Bertz CT molecular complexity index is 374. The Kier molecular flexibility index (Phi) is 4.47. The zero-order chi connectivity index (χ0) is 12.1. The lowest BCUT2D eigenvalue weighted by Gasteiger charge is -2.26. The van der Waals surface area contributed by atoms with Crippen LogP contribution in [0.4, 0.5) is 5.69 Å². The molecule has 2 heterocycles. The van der Waals surface area contributed by atoms with Crippen molar-refractivity contribution in [2.24, 2.45) is 0 Å². The summed E-state index contributed by atoms with van der Waals surface area (Å²) in [6.07, 6.45) is 3.54. The predicted molar refractivity (Wildman–Crippen MR) is 67.2 cm³/mol. The number of pyridine rings is 1. The third-order valence-corrected chi connectivity index (χ3v) is 2.40. The predicted octanol–water partition coefficient (Wildman–Crippen LogP) is 2.83. The summed E-state index contributed by atoms with van der Waals surface area (Å²) in [6, 6.07) is 1.96. The van der Waals surface area contributed by atoms with Crippen molar-refractivity contribution in [3.05, 3.63) is 23.5 Å². The van der Waals surface area contributed by atoms with Gasteiger partial charge in [-0.1, -0.05) is 20.3 Å². The number of hydrogen-bond acceptors (Lipinski definition) is 3. The van der Waals surface area contributed by atoms with Crippen molar-refractivity contribution in [2.75, 3.05) is 18.5 Å². The molecule has 0 amide bonds. The molecule has 88 valence electrons. The SMILES string of the molecule is CCC.Cc1cc2c(cn1)C(=O)CCN2C. The lowest BCUT2D eigenvalue weighted by Crippen LogP contribution is -2.28. The van der Waals surface area contributed by atoms with Crippen LogP contribution in [0.15, 0.2) is 12.3 Å². The first-order chi connectivity index (χ1) is 7.60. The summed E-state index contributed by atoms with van der Waals surface area (Å²) in [4.78, 5) is 17.7. The second-order valence-corrected chi connectivity index (χ2v) is 4.14. The molecule has 1 aliphatic rings.